The Morgan fingerprint density at radius 1 is 1.03 bits per heavy atom. The molecule has 2 amide bonds. The highest BCUT2D eigenvalue weighted by atomic mass is 32.1. The van der Waals surface area contributed by atoms with Crippen molar-refractivity contribution in [2.45, 2.75) is 45.2 Å². The number of ether oxygens (including phenoxy) is 1. The second-order valence-electron chi connectivity index (χ2n) is 7.83. The van der Waals surface area contributed by atoms with Crippen LogP contribution in [0.15, 0.2) is 60.0 Å². The molecule has 35 heavy (non-hydrogen) atoms. The second-order valence-corrected chi connectivity index (χ2v) is 8.72. The fraction of sp³-hybridized carbons (Fsp3) is 0.320. The fourth-order valence-electron chi connectivity index (χ4n) is 3.48. The third-order valence-corrected chi connectivity index (χ3v) is 6.31. The summed E-state index contributed by atoms with van der Waals surface area (Å²) >= 11 is 1.44. The Morgan fingerprint density at radius 2 is 1.71 bits per heavy atom. The van der Waals surface area contributed by atoms with E-state index in [1.165, 1.54) is 23.5 Å². The van der Waals surface area contributed by atoms with Crippen LogP contribution in [0.1, 0.15) is 41.7 Å². The third-order valence-electron chi connectivity index (χ3n) is 5.30. The van der Waals surface area contributed by atoms with Crippen LogP contribution in [-0.2, 0) is 28.8 Å². The molecule has 2 aromatic carbocycles. The molecule has 3 aromatic rings. The summed E-state index contributed by atoms with van der Waals surface area (Å²) in [6, 6.07) is 14.3. The molecule has 0 radical (unpaired) electrons. The van der Waals surface area contributed by atoms with Crippen molar-refractivity contribution in [1.29, 1.82) is 0 Å². The van der Waals surface area contributed by atoms with Crippen molar-refractivity contribution in [2.75, 3.05) is 6.61 Å². The molecule has 2 N–H and O–H groups in total. The average molecular weight is 497 g/mol. The molecular weight excluding hydrogens is 468 g/mol. The van der Waals surface area contributed by atoms with E-state index in [1.54, 1.807) is 19.1 Å². The number of hydrogen-bond acceptors (Lipinski definition) is 7. The first-order valence-electron chi connectivity index (χ1n) is 11.3. The van der Waals surface area contributed by atoms with Gasteiger partial charge in [-0.05, 0) is 30.9 Å². The maximum absolute atomic E-state index is 13.4. The van der Waals surface area contributed by atoms with Crippen LogP contribution in [0.2, 0.25) is 0 Å². The van der Waals surface area contributed by atoms with Crippen molar-refractivity contribution < 1.29 is 19.2 Å². The van der Waals surface area contributed by atoms with Gasteiger partial charge in [0.15, 0.2) is 0 Å². The Bertz CT molecular complexity index is 1130. The van der Waals surface area contributed by atoms with Crippen LogP contribution in [0.3, 0.4) is 0 Å². The van der Waals surface area contributed by atoms with Gasteiger partial charge in [-0.3, -0.25) is 14.9 Å². The van der Waals surface area contributed by atoms with E-state index in [-0.39, 0.29) is 24.6 Å². The van der Waals surface area contributed by atoms with Crippen molar-refractivity contribution in [2.24, 2.45) is 0 Å². The maximum Gasteiger partial charge on any atom is 0.407 e. The van der Waals surface area contributed by atoms with Crippen LogP contribution in [0.25, 0.3) is 0 Å². The van der Waals surface area contributed by atoms with Crippen LogP contribution in [0, 0.1) is 10.1 Å². The molecule has 0 aliphatic carbocycles. The Hall–Kier alpha value is -3.79. The first kappa shape index (κ1) is 25.8. The topological polar surface area (TPSA) is 123 Å². The molecule has 0 spiro atoms. The Balaban J connectivity index is 1.83. The minimum Gasteiger partial charge on any atom is -0.450 e. The number of rotatable bonds is 11. The highest BCUT2D eigenvalue weighted by molar-refractivity contribution is 7.09. The molecule has 0 aliphatic heterocycles. The van der Waals surface area contributed by atoms with Crippen LogP contribution >= 0.6 is 11.3 Å². The van der Waals surface area contributed by atoms with Crippen LogP contribution in [0.4, 0.5) is 10.5 Å². The zero-order chi connectivity index (χ0) is 25.2. The van der Waals surface area contributed by atoms with Gasteiger partial charge < -0.3 is 15.4 Å². The summed E-state index contributed by atoms with van der Waals surface area (Å²) in [6.45, 7) is 3.88. The van der Waals surface area contributed by atoms with E-state index in [0.717, 1.165) is 28.2 Å². The lowest BCUT2D eigenvalue weighted by atomic mass is 10.0. The van der Waals surface area contributed by atoms with Gasteiger partial charge in [0.2, 0.25) is 5.91 Å². The lowest BCUT2D eigenvalue weighted by molar-refractivity contribution is -0.384. The van der Waals surface area contributed by atoms with Gasteiger partial charge in [-0.1, -0.05) is 49.4 Å². The number of alkyl carbamates (subject to hydrolysis) is 1. The van der Waals surface area contributed by atoms with Crippen LogP contribution in [-0.4, -0.2) is 34.6 Å². The number of benzene rings is 2. The maximum atomic E-state index is 13.4. The van der Waals surface area contributed by atoms with Gasteiger partial charge >= 0.3 is 6.09 Å². The summed E-state index contributed by atoms with van der Waals surface area (Å²) < 4.78 is 5.00. The van der Waals surface area contributed by atoms with Gasteiger partial charge in [-0.2, -0.15) is 0 Å². The molecule has 1 heterocycles. The number of aromatic nitrogens is 1. The van der Waals surface area contributed by atoms with Gasteiger partial charge in [0.1, 0.15) is 11.0 Å². The zero-order valence-electron chi connectivity index (χ0n) is 19.6. The summed E-state index contributed by atoms with van der Waals surface area (Å²) in [7, 11) is 0. The molecule has 0 saturated heterocycles. The predicted molar refractivity (Wildman–Crippen MR) is 133 cm³/mol. The van der Waals surface area contributed by atoms with E-state index in [2.05, 4.69) is 15.6 Å². The summed E-state index contributed by atoms with van der Waals surface area (Å²) in [5.41, 5.74) is 2.61. The van der Waals surface area contributed by atoms with Crippen molar-refractivity contribution >= 4 is 29.0 Å². The number of nitro benzene ring substituents is 1. The monoisotopic (exact) mass is 496 g/mol. The van der Waals surface area contributed by atoms with Gasteiger partial charge in [-0.15, -0.1) is 11.3 Å². The van der Waals surface area contributed by atoms with Crippen molar-refractivity contribution in [3.8, 4) is 0 Å². The number of carbonyl (C=O) groups is 2. The quantitative estimate of drug-likeness (QED) is 0.300. The van der Waals surface area contributed by atoms with E-state index < -0.39 is 23.1 Å². The van der Waals surface area contributed by atoms with Crippen LogP contribution < -0.4 is 10.6 Å². The van der Waals surface area contributed by atoms with Crippen molar-refractivity contribution in [3.63, 3.8) is 0 Å². The lowest BCUT2D eigenvalue weighted by Crippen LogP contribution is -2.49. The third kappa shape index (κ3) is 7.61. The Labute approximate surface area is 207 Å². The van der Waals surface area contributed by atoms with E-state index in [9.17, 15) is 19.7 Å². The molecule has 0 saturated carbocycles. The molecule has 0 fully saturated rings. The van der Waals surface area contributed by atoms with Gasteiger partial charge in [0.25, 0.3) is 5.69 Å². The fourth-order valence-corrected chi connectivity index (χ4v) is 4.43. The highest BCUT2D eigenvalue weighted by Gasteiger charge is 2.26. The summed E-state index contributed by atoms with van der Waals surface area (Å²) in [6.07, 6.45) is 0.763. The van der Waals surface area contributed by atoms with Crippen molar-refractivity contribution in [3.05, 3.63) is 91.9 Å². The first-order chi connectivity index (χ1) is 16.9. The number of aryl methyl sites for hydroxylation is 1. The zero-order valence-corrected chi connectivity index (χ0v) is 20.4. The normalized spacial score (nSPS) is 12.4. The standard InChI is InChI=1S/C25H28N4O5S/c1-3-19-16-35-24(26-19)22(15-18-10-12-20(13-11-18)29(32)33)27-23(30)21(28-25(31)34-4-2)14-17-8-6-5-7-9-17/h5-13,16,21-22H,3-4,14-15H2,1-2H3,(H,27,30)(H,28,31)/t21-,22-/m0/s1. The second kappa shape index (κ2) is 12.6. The number of hydrogen-bond donors (Lipinski definition) is 2. The number of carbonyl (C=O) groups excluding carboxylic acids is 2. The first-order valence-corrected chi connectivity index (χ1v) is 12.2. The van der Waals surface area contributed by atoms with Gasteiger partial charge in [0, 0.05) is 23.9 Å². The molecule has 0 aliphatic rings. The smallest absolute Gasteiger partial charge is 0.407 e. The molecule has 184 valence electrons. The Kier molecular flexibility index (Phi) is 9.31. The number of thiazole rings is 1. The summed E-state index contributed by atoms with van der Waals surface area (Å²) in [4.78, 5) is 40.7. The highest BCUT2D eigenvalue weighted by Crippen LogP contribution is 2.24. The van der Waals surface area contributed by atoms with Gasteiger partial charge in [0.05, 0.1) is 23.3 Å². The SMILES string of the molecule is CCOC(=O)N[C@@H](Cc1ccccc1)C(=O)N[C@@H](Cc1ccc([N+](=O)[O-])cc1)c1nc(CC)cs1. The number of nitro groups is 1. The molecule has 10 heteroatoms. The van der Waals surface area contributed by atoms with Crippen molar-refractivity contribution in [1.82, 2.24) is 15.6 Å². The molecule has 1 aromatic heterocycles. The molecule has 0 unspecified atom stereocenters. The molecule has 3 rings (SSSR count). The molecule has 0 bridgehead atoms. The largest absolute Gasteiger partial charge is 0.450 e. The Morgan fingerprint density at radius 3 is 2.31 bits per heavy atom. The van der Waals surface area contributed by atoms with E-state index in [4.69, 9.17) is 4.74 Å². The lowest BCUT2D eigenvalue weighted by Gasteiger charge is -2.22. The average Bonchev–Trinajstić information content (AvgIpc) is 3.34. The minimum absolute atomic E-state index is 0.00147. The summed E-state index contributed by atoms with van der Waals surface area (Å²) in [5, 5.41) is 19.4. The number of non-ortho nitro benzene ring substituents is 1. The number of amides is 2. The van der Waals surface area contributed by atoms with E-state index in [1.807, 2.05) is 42.6 Å². The molecular formula is C25H28N4O5S. The van der Waals surface area contributed by atoms with Crippen LogP contribution in [0.5, 0.6) is 0 Å². The minimum atomic E-state index is -0.860. The number of nitrogens with zero attached hydrogens (tertiary/aromatic N) is 2. The molecule has 2 atom stereocenters. The molecule has 9 nitrogen and oxygen atoms in total. The van der Waals surface area contributed by atoms with Gasteiger partial charge in [-0.25, -0.2) is 9.78 Å². The predicted octanol–water partition coefficient (Wildman–Crippen LogP) is 4.37. The van der Waals surface area contributed by atoms with E-state index >= 15 is 0 Å². The summed E-state index contributed by atoms with van der Waals surface area (Å²) in [5.74, 6) is -0.373. The van der Waals surface area contributed by atoms with E-state index in [0.29, 0.717) is 6.42 Å². The number of nitrogens with one attached hydrogen (secondary N) is 2.